The predicted octanol–water partition coefficient (Wildman–Crippen LogP) is 2.20. The van der Waals surface area contributed by atoms with Crippen molar-refractivity contribution in [3.63, 3.8) is 0 Å². The summed E-state index contributed by atoms with van der Waals surface area (Å²) in [5.41, 5.74) is 1.20. The number of urea groups is 1. The van der Waals surface area contributed by atoms with Gasteiger partial charge in [-0.1, -0.05) is 24.3 Å². The Labute approximate surface area is 179 Å². The number of hydrogen-bond donors (Lipinski definition) is 1. The molecular weight excluding hydrogens is 398 g/mol. The molecule has 0 saturated carbocycles. The molecule has 3 heterocycles. The average molecular weight is 421 g/mol. The molecule has 0 aliphatic carbocycles. The van der Waals surface area contributed by atoms with Gasteiger partial charge < -0.3 is 19.7 Å². The van der Waals surface area contributed by atoms with E-state index in [0.717, 1.165) is 22.6 Å². The molecule has 31 heavy (non-hydrogen) atoms. The fraction of sp³-hybridized carbons (Fsp3) is 0.348. The highest BCUT2D eigenvalue weighted by atomic mass is 16.6. The molecule has 2 aromatic carbocycles. The lowest BCUT2D eigenvalue weighted by atomic mass is 9.91. The smallest absolute Gasteiger partial charge is 0.325 e. The summed E-state index contributed by atoms with van der Waals surface area (Å²) in [5, 5.41) is 2.75. The van der Waals surface area contributed by atoms with Gasteiger partial charge in [0.15, 0.2) is 11.5 Å². The Balaban J connectivity index is 1.39. The number of ether oxygens (including phenoxy) is 2. The highest BCUT2D eigenvalue weighted by molar-refractivity contribution is 6.11. The molecule has 3 aliphatic rings. The van der Waals surface area contributed by atoms with E-state index in [1.807, 2.05) is 31.2 Å². The van der Waals surface area contributed by atoms with Gasteiger partial charge >= 0.3 is 6.03 Å². The van der Waals surface area contributed by atoms with Crippen molar-refractivity contribution in [3.05, 3.63) is 53.6 Å². The van der Waals surface area contributed by atoms with Crippen molar-refractivity contribution in [2.45, 2.75) is 31.8 Å². The Bertz CT molecular complexity index is 1100. The SMILES string of the molecule is C[C@H]1Cc2ccccc2N1C(=O)CN1C(=O)N[C@@](C)(c2ccc3c(c2)OCCO3)C1=O. The van der Waals surface area contributed by atoms with E-state index in [9.17, 15) is 14.4 Å². The van der Waals surface area contributed by atoms with Crippen LogP contribution < -0.4 is 19.7 Å². The minimum atomic E-state index is -1.29. The van der Waals surface area contributed by atoms with Gasteiger partial charge in [-0.2, -0.15) is 0 Å². The number of anilines is 1. The van der Waals surface area contributed by atoms with Gasteiger partial charge in [-0.25, -0.2) is 4.79 Å². The number of para-hydroxylation sites is 1. The van der Waals surface area contributed by atoms with Gasteiger partial charge in [0, 0.05) is 11.7 Å². The molecule has 0 aromatic heterocycles. The Morgan fingerprint density at radius 2 is 1.87 bits per heavy atom. The first-order valence-electron chi connectivity index (χ1n) is 10.3. The molecule has 2 aromatic rings. The number of nitrogens with zero attached hydrogens (tertiary/aromatic N) is 2. The van der Waals surface area contributed by atoms with Crippen molar-refractivity contribution < 1.29 is 23.9 Å². The minimum Gasteiger partial charge on any atom is -0.486 e. The van der Waals surface area contributed by atoms with E-state index in [2.05, 4.69) is 5.32 Å². The van der Waals surface area contributed by atoms with E-state index in [0.29, 0.717) is 30.3 Å². The van der Waals surface area contributed by atoms with Gasteiger partial charge in [-0.15, -0.1) is 0 Å². The third-order valence-corrected chi connectivity index (χ3v) is 6.16. The lowest BCUT2D eigenvalue weighted by molar-refractivity contribution is -0.134. The van der Waals surface area contributed by atoms with Gasteiger partial charge in [-0.3, -0.25) is 14.5 Å². The zero-order chi connectivity index (χ0) is 21.8. The Morgan fingerprint density at radius 1 is 1.13 bits per heavy atom. The zero-order valence-corrected chi connectivity index (χ0v) is 17.4. The van der Waals surface area contributed by atoms with Gasteiger partial charge in [0.2, 0.25) is 5.91 Å². The minimum absolute atomic E-state index is 0.0326. The van der Waals surface area contributed by atoms with Gasteiger partial charge in [0.25, 0.3) is 5.91 Å². The molecule has 3 aliphatic heterocycles. The predicted molar refractivity (Wildman–Crippen MR) is 112 cm³/mol. The molecular formula is C23H23N3O5. The number of carbonyl (C=O) groups excluding carboxylic acids is 3. The van der Waals surface area contributed by atoms with Crippen molar-refractivity contribution >= 4 is 23.5 Å². The van der Waals surface area contributed by atoms with Crippen LogP contribution in [-0.2, 0) is 21.5 Å². The maximum Gasteiger partial charge on any atom is 0.325 e. The van der Waals surface area contributed by atoms with Crippen molar-refractivity contribution in [3.8, 4) is 11.5 Å². The summed E-state index contributed by atoms with van der Waals surface area (Å²) in [6.07, 6.45) is 0.747. The molecule has 160 valence electrons. The molecule has 8 nitrogen and oxygen atoms in total. The number of carbonyl (C=O) groups is 3. The maximum atomic E-state index is 13.3. The van der Waals surface area contributed by atoms with E-state index in [-0.39, 0.29) is 18.5 Å². The zero-order valence-electron chi connectivity index (χ0n) is 17.4. The molecule has 0 radical (unpaired) electrons. The van der Waals surface area contributed by atoms with Crippen molar-refractivity contribution in [1.29, 1.82) is 0 Å². The van der Waals surface area contributed by atoms with Crippen LogP contribution in [0.3, 0.4) is 0 Å². The third-order valence-electron chi connectivity index (χ3n) is 6.16. The molecule has 1 N–H and O–H groups in total. The first-order chi connectivity index (χ1) is 14.9. The highest BCUT2D eigenvalue weighted by Crippen LogP contribution is 2.37. The summed E-state index contributed by atoms with van der Waals surface area (Å²) in [5.74, 6) is 0.378. The second-order valence-corrected chi connectivity index (χ2v) is 8.25. The Kier molecular flexibility index (Phi) is 4.39. The number of fused-ring (bicyclic) bond motifs is 2. The molecule has 8 heteroatoms. The van der Waals surface area contributed by atoms with Crippen LogP contribution in [0.1, 0.15) is 25.0 Å². The van der Waals surface area contributed by atoms with Crippen LogP contribution in [0.25, 0.3) is 0 Å². The monoisotopic (exact) mass is 421 g/mol. The number of nitrogens with one attached hydrogen (secondary N) is 1. The largest absolute Gasteiger partial charge is 0.486 e. The van der Waals surface area contributed by atoms with Crippen LogP contribution >= 0.6 is 0 Å². The summed E-state index contributed by atoms with van der Waals surface area (Å²) in [7, 11) is 0. The molecule has 5 rings (SSSR count). The molecule has 0 bridgehead atoms. The fourth-order valence-corrected chi connectivity index (χ4v) is 4.55. The summed E-state index contributed by atoms with van der Waals surface area (Å²) in [6, 6.07) is 12.2. The number of rotatable bonds is 3. The van der Waals surface area contributed by atoms with E-state index in [1.165, 1.54) is 0 Å². The second kappa shape index (κ2) is 7.01. The van der Waals surface area contributed by atoms with E-state index >= 15 is 0 Å². The van der Waals surface area contributed by atoms with Crippen molar-refractivity contribution in [2.75, 3.05) is 24.7 Å². The van der Waals surface area contributed by atoms with Crippen LogP contribution in [0.4, 0.5) is 10.5 Å². The topological polar surface area (TPSA) is 88.2 Å². The third kappa shape index (κ3) is 3.01. The number of benzene rings is 2. The summed E-state index contributed by atoms with van der Waals surface area (Å²) in [6.45, 7) is 4.17. The quantitative estimate of drug-likeness (QED) is 0.768. The van der Waals surface area contributed by atoms with Crippen LogP contribution in [0.15, 0.2) is 42.5 Å². The molecule has 4 amide bonds. The van der Waals surface area contributed by atoms with E-state index in [4.69, 9.17) is 9.47 Å². The highest BCUT2D eigenvalue weighted by Gasteiger charge is 2.50. The van der Waals surface area contributed by atoms with Crippen molar-refractivity contribution in [1.82, 2.24) is 10.2 Å². The average Bonchev–Trinajstić information content (AvgIpc) is 3.22. The second-order valence-electron chi connectivity index (χ2n) is 8.25. The lowest BCUT2D eigenvalue weighted by Crippen LogP contribution is -2.46. The van der Waals surface area contributed by atoms with Crippen LogP contribution in [-0.4, -0.2) is 48.5 Å². The maximum absolute atomic E-state index is 13.3. The number of hydrogen-bond acceptors (Lipinski definition) is 5. The number of imide groups is 1. The normalized spacial score (nSPS) is 24.3. The Morgan fingerprint density at radius 3 is 2.68 bits per heavy atom. The molecule has 1 fully saturated rings. The molecule has 0 spiro atoms. The molecule has 1 saturated heterocycles. The first kappa shape index (κ1) is 19.4. The van der Waals surface area contributed by atoms with Gasteiger partial charge in [0.1, 0.15) is 25.3 Å². The van der Waals surface area contributed by atoms with Crippen molar-refractivity contribution in [2.24, 2.45) is 0 Å². The lowest BCUT2D eigenvalue weighted by Gasteiger charge is -2.26. The number of amides is 4. The van der Waals surface area contributed by atoms with Gasteiger partial charge in [0.05, 0.1) is 0 Å². The van der Waals surface area contributed by atoms with Crippen LogP contribution in [0.2, 0.25) is 0 Å². The molecule has 2 atom stereocenters. The van der Waals surface area contributed by atoms with Gasteiger partial charge in [-0.05, 0) is 49.6 Å². The van der Waals surface area contributed by atoms with Crippen LogP contribution in [0, 0.1) is 0 Å². The summed E-state index contributed by atoms with van der Waals surface area (Å²) >= 11 is 0. The van der Waals surface area contributed by atoms with E-state index in [1.54, 1.807) is 30.0 Å². The molecule has 0 unspecified atom stereocenters. The Hall–Kier alpha value is -3.55. The van der Waals surface area contributed by atoms with E-state index < -0.39 is 17.5 Å². The summed E-state index contributed by atoms with van der Waals surface area (Å²) in [4.78, 5) is 41.8. The fourth-order valence-electron chi connectivity index (χ4n) is 4.55. The van der Waals surface area contributed by atoms with Crippen LogP contribution in [0.5, 0.6) is 11.5 Å². The summed E-state index contributed by atoms with van der Waals surface area (Å²) < 4.78 is 11.1. The first-order valence-corrected chi connectivity index (χ1v) is 10.3. The standard InChI is InChI=1S/C23H23N3O5/c1-14-11-15-5-3-4-6-17(15)26(14)20(27)13-25-21(28)23(2,24-22(25)29)16-7-8-18-19(12-16)31-10-9-30-18/h3-8,12,14H,9-11,13H2,1-2H3,(H,24,29)/t14-,23-/m0/s1.